The summed E-state index contributed by atoms with van der Waals surface area (Å²) in [6.07, 6.45) is 12.6. The van der Waals surface area contributed by atoms with Crippen molar-refractivity contribution < 1.29 is 22.8 Å². The molecule has 5 rings (SSSR count). The molecule has 7 nitrogen and oxygen atoms in total. The van der Waals surface area contributed by atoms with Crippen molar-refractivity contribution in [1.82, 2.24) is 10.2 Å². The number of nitrogens with zero attached hydrogens (tertiary/aromatic N) is 1. The molecule has 0 fully saturated rings. The number of allylic oxidation sites excluding steroid dienone is 6. The van der Waals surface area contributed by atoms with Gasteiger partial charge in [-0.2, -0.15) is 0 Å². The average molecular weight is 525 g/mol. The van der Waals surface area contributed by atoms with E-state index in [2.05, 4.69) is 5.32 Å². The Labute approximate surface area is 223 Å². The van der Waals surface area contributed by atoms with Gasteiger partial charge >= 0.3 is 5.63 Å². The van der Waals surface area contributed by atoms with Crippen molar-refractivity contribution in [2.45, 2.75) is 6.92 Å². The van der Waals surface area contributed by atoms with E-state index in [9.17, 15) is 18.8 Å². The average Bonchev–Trinajstić information content (AvgIpc) is 3.33. The number of benzene rings is 2. The van der Waals surface area contributed by atoms with Crippen molar-refractivity contribution in [1.29, 1.82) is 0 Å². The molecule has 196 valence electrons. The lowest BCUT2D eigenvalue weighted by Crippen LogP contribution is -2.38. The standard InChI is InChI=1S/C31H25FN2O5/c1-2-34(15-14-33-29(35)20-8-6-4-3-5-7-9-20)30(36)23-11-10-22-17-28(38-26(22)18-23)25-16-21-12-13-24(32)19-27(21)39-31(25)37/h3-13,16-19H,2,14-15H2,1H3,(H,33,35)/b4-3-,5-3?,6-4?,7-5-,8-6?,9-7?,20-8?,20-9?. The van der Waals surface area contributed by atoms with Gasteiger partial charge in [-0.05, 0) is 55.5 Å². The minimum absolute atomic E-state index is 0.149. The first-order valence-corrected chi connectivity index (χ1v) is 12.5. The highest BCUT2D eigenvalue weighted by atomic mass is 19.1. The minimum Gasteiger partial charge on any atom is -0.456 e. The maximum absolute atomic E-state index is 13.5. The molecule has 1 aliphatic rings. The zero-order chi connectivity index (χ0) is 27.4. The van der Waals surface area contributed by atoms with Crippen LogP contribution in [-0.2, 0) is 4.79 Å². The summed E-state index contributed by atoms with van der Waals surface area (Å²) in [7, 11) is 0. The number of rotatable bonds is 7. The molecule has 0 aliphatic heterocycles. The fourth-order valence-electron chi connectivity index (χ4n) is 4.26. The van der Waals surface area contributed by atoms with E-state index in [1.807, 2.05) is 25.2 Å². The molecule has 0 saturated heterocycles. The minimum atomic E-state index is -0.652. The third kappa shape index (κ3) is 5.65. The van der Waals surface area contributed by atoms with Crippen molar-refractivity contribution in [2.75, 3.05) is 19.6 Å². The number of hydrogen-bond donors (Lipinski definition) is 1. The van der Waals surface area contributed by atoms with Gasteiger partial charge < -0.3 is 19.1 Å². The molecule has 0 radical (unpaired) electrons. The van der Waals surface area contributed by atoms with Crippen LogP contribution >= 0.6 is 0 Å². The summed E-state index contributed by atoms with van der Waals surface area (Å²) in [5, 5.41) is 4.12. The zero-order valence-corrected chi connectivity index (χ0v) is 21.1. The lowest BCUT2D eigenvalue weighted by molar-refractivity contribution is -0.117. The molecule has 0 saturated carbocycles. The van der Waals surface area contributed by atoms with E-state index in [-0.39, 0.29) is 35.3 Å². The maximum Gasteiger partial charge on any atom is 0.347 e. The van der Waals surface area contributed by atoms with Gasteiger partial charge in [0.15, 0.2) is 0 Å². The van der Waals surface area contributed by atoms with Crippen LogP contribution in [0.25, 0.3) is 33.3 Å². The summed E-state index contributed by atoms with van der Waals surface area (Å²) in [6, 6.07) is 12.3. The number of halogens is 1. The number of carbonyl (C=O) groups excluding carboxylic acids is 2. The molecule has 0 spiro atoms. The molecule has 8 heteroatoms. The summed E-state index contributed by atoms with van der Waals surface area (Å²) in [6.45, 7) is 2.93. The normalized spacial score (nSPS) is 14.5. The van der Waals surface area contributed by atoms with Crippen LogP contribution in [0.2, 0.25) is 0 Å². The lowest BCUT2D eigenvalue weighted by atomic mass is 10.1. The smallest absolute Gasteiger partial charge is 0.347 e. The molecule has 1 aliphatic carbocycles. The highest BCUT2D eigenvalue weighted by Gasteiger charge is 2.18. The van der Waals surface area contributed by atoms with Crippen LogP contribution in [-0.4, -0.2) is 36.3 Å². The second-order valence-corrected chi connectivity index (χ2v) is 8.88. The molecule has 2 heterocycles. The number of likely N-dealkylation sites (N-methyl/N-ethyl adjacent to an activating group) is 1. The maximum atomic E-state index is 13.5. The van der Waals surface area contributed by atoms with Crippen LogP contribution in [0.3, 0.4) is 0 Å². The van der Waals surface area contributed by atoms with E-state index < -0.39 is 11.4 Å². The predicted molar refractivity (Wildman–Crippen MR) is 148 cm³/mol. The second-order valence-electron chi connectivity index (χ2n) is 8.88. The van der Waals surface area contributed by atoms with Crippen molar-refractivity contribution in [3.63, 3.8) is 0 Å². The van der Waals surface area contributed by atoms with Gasteiger partial charge in [-0.1, -0.05) is 36.4 Å². The SMILES string of the molecule is CCN(CCNC(=O)C1=C/C=C\C=C/C=C1)C(=O)c1ccc2cc(-c3cc4ccc(F)cc4oc3=O)oc2c1. The summed E-state index contributed by atoms with van der Waals surface area (Å²) in [4.78, 5) is 39.9. The molecule has 2 aromatic carbocycles. The van der Waals surface area contributed by atoms with Crippen molar-refractivity contribution >= 4 is 33.8 Å². The van der Waals surface area contributed by atoms with Gasteiger partial charge in [0, 0.05) is 47.6 Å². The molecule has 39 heavy (non-hydrogen) atoms. The fourth-order valence-corrected chi connectivity index (χ4v) is 4.26. The Bertz CT molecular complexity index is 1760. The van der Waals surface area contributed by atoms with Crippen LogP contribution < -0.4 is 10.9 Å². The van der Waals surface area contributed by atoms with Gasteiger partial charge in [0.2, 0.25) is 0 Å². The predicted octanol–water partition coefficient (Wildman–Crippen LogP) is 5.53. The topological polar surface area (TPSA) is 92.8 Å². The quantitative estimate of drug-likeness (QED) is 0.321. The Balaban J connectivity index is 1.30. The Morgan fingerprint density at radius 2 is 1.64 bits per heavy atom. The van der Waals surface area contributed by atoms with E-state index in [4.69, 9.17) is 8.83 Å². The molecular weight excluding hydrogens is 499 g/mol. The van der Waals surface area contributed by atoms with Gasteiger partial charge in [-0.25, -0.2) is 9.18 Å². The molecule has 2 aromatic heterocycles. The van der Waals surface area contributed by atoms with E-state index in [0.717, 1.165) is 6.07 Å². The molecule has 4 aromatic rings. The Kier molecular flexibility index (Phi) is 7.36. The lowest BCUT2D eigenvalue weighted by Gasteiger charge is -2.21. The van der Waals surface area contributed by atoms with E-state index >= 15 is 0 Å². The molecule has 2 amide bonds. The Morgan fingerprint density at radius 1 is 0.897 bits per heavy atom. The highest BCUT2D eigenvalue weighted by molar-refractivity contribution is 5.99. The first-order valence-electron chi connectivity index (χ1n) is 12.5. The first kappa shape index (κ1) is 25.7. The van der Waals surface area contributed by atoms with Gasteiger partial charge in [0.1, 0.15) is 28.3 Å². The number of carbonyl (C=O) groups is 2. The van der Waals surface area contributed by atoms with Crippen molar-refractivity contribution in [3.8, 4) is 11.3 Å². The highest BCUT2D eigenvalue weighted by Crippen LogP contribution is 2.29. The van der Waals surface area contributed by atoms with Crippen LogP contribution in [0.15, 0.2) is 110 Å². The molecule has 0 unspecified atom stereocenters. The number of fused-ring (bicyclic) bond motifs is 2. The zero-order valence-electron chi connectivity index (χ0n) is 21.1. The summed E-state index contributed by atoms with van der Waals surface area (Å²) >= 11 is 0. The van der Waals surface area contributed by atoms with Crippen LogP contribution in [0, 0.1) is 5.82 Å². The van der Waals surface area contributed by atoms with Gasteiger partial charge in [-0.15, -0.1) is 0 Å². The van der Waals surface area contributed by atoms with Crippen LogP contribution in [0.1, 0.15) is 17.3 Å². The second kappa shape index (κ2) is 11.2. The van der Waals surface area contributed by atoms with Gasteiger partial charge in [0.25, 0.3) is 11.8 Å². The first-order chi connectivity index (χ1) is 18.9. The number of hydrogen-bond acceptors (Lipinski definition) is 5. The number of furan rings is 1. The number of nitrogens with one attached hydrogen (secondary N) is 1. The van der Waals surface area contributed by atoms with Crippen molar-refractivity contribution in [2.24, 2.45) is 0 Å². The Morgan fingerprint density at radius 3 is 2.49 bits per heavy atom. The molecular formula is C31H25FN2O5. The third-order valence-electron chi connectivity index (χ3n) is 6.32. The molecule has 1 N–H and O–H groups in total. The monoisotopic (exact) mass is 524 g/mol. The largest absolute Gasteiger partial charge is 0.456 e. The third-order valence-corrected chi connectivity index (χ3v) is 6.32. The summed E-state index contributed by atoms with van der Waals surface area (Å²) in [5.41, 5.74) is 1.07. The molecule has 0 atom stereocenters. The van der Waals surface area contributed by atoms with Crippen LogP contribution in [0.4, 0.5) is 4.39 Å². The van der Waals surface area contributed by atoms with Crippen molar-refractivity contribution in [3.05, 3.63) is 118 Å². The van der Waals surface area contributed by atoms with Gasteiger partial charge in [0.05, 0.1) is 0 Å². The van der Waals surface area contributed by atoms with Crippen LogP contribution in [0.5, 0.6) is 0 Å². The van der Waals surface area contributed by atoms with Gasteiger partial charge in [-0.3, -0.25) is 9.59 Å². The summed E-state index contributed by atoms with van der Waals surface area (Å²) < 4.78 is 24.7. The number of amides is 2. The van der Waals surface area contributed by atoms with E-state index in [1.54, 1.807) is 59.5 Å². The molecule has 0 bridgehead atoms. The van der Waals surface area contributed by atoms with E-state index in [1.165, 1.54) is 12.1 Å². The fraction of sp³-hybridized carbons (Fsp3) is 0.129. The Hall–Kier alpha value is -4.98. The van der Waals surface area contributed by atoms with E-state index in [0.29, 0.717) is 40.6 Å². The summed E-state index contributed by atoms with van der Waals surface area (Å²) in [5.74, 6) is -0.644.